The minimum absolute atomic E-state index is 0.0611. The van der Waals surface area contributed by atoms with Crippen LogP contribution < -0.4 is 4.90 Å². The van der Waals surface area contributed by atoms with Gasteiger partial charge in [0.05, 0.1) is 4.92 Å². The maximum absolute atomic E-state index is 11.9. The normalized spacial score (nSPS) is 19.4. The molecular weight excluding hydrogens is 376 g/mol. The van der Waals surface area contributed by atoms with Crippen LogP contribution in [0.2, 0.25) is 0 Å². The molecule has 0 saturated carbocycles. The number of benzene rings is 1. The van der Waals surface area contributed by atoms with Crippen molar-refractivity contribution in [3.05, 3.63) is 32.8 Å². The van der Waals surface area contributed by atoms with Crippen LogP contribution >= 0.6 is 26.6 Å². The summed E-state index contributed by atoms with van der Waals surface area (Å²) < 4.78 is 23.0. The maximum atomic E-state index is 11.9. The summed E-state index contributed by atoms with van der Waals surface area (Å²) in [6.45, 7) is -0.187. The van der Waals surface area contributed by atoms with Gasteiger partial charge in [0.2, 0.25) is 15.0 Å². The Balaban J connectivity index is 2.43. The molecule has 0 aliphatic carbocycles. The smallest absolute Gasteiger partial charge is 0.294 e. The predicted molar refractivity (Wildman–Crippen MR) is 76.3 cm³/mol. The monoisotopic (exact) mass is 382 g/mol. The van der Waals surface area contributed by atoms with E-state index in [-0.39, 0.29) is 24.3 Å². The third kappa shape index (κ3) is 2.94. The second-order valence-corrected chi connectivity index (χ2v) is 8.02. The van der Waals surface area contributed by atoms with Gasteiger partial charge in [-0.25, -0.2) is 8.42 Å². The van der Waals surface area contributed by atoms with Gasteiger partial charge in [-0.05, 0) is 12.1 Å². The average Bonchev–Trinajstić information content (AvgIpc) is 2.71. The molecule has 1 aliphatic rings. The Morgan fingerprint density at radius 3 is 2.60 bits per heavy atom. The van der Waals surface area contributed by atoms with Gasteiger partial charge < -0.3 is 4.90 Å². The highest BCUT2D eigenvalue weighted by Gasteiger charge is 2.40. The molecule has 0 spiro atoms. The summed E-state index contributed by atoms with van der Waals surface area (Å²) in [7, 11) is 1.35. The van der Waals surface area contributed by atoms with E-state index in [9.17, 15) is 23.3 Å². The lowest BCUT2D eigenvalue weighted by atomic mass is 10.2. The second-order valence-electron chi connectivity index (χ2n) is 4.20. The number of carbonyl (C=O) groups excluding carboxylic acids is 1. The Morgan fingerprint density at radius 2 is 2.10 bits per heavy atom. The lowest BCUT2D eigenvalue weighted by Gasteiger charge is -2.16. The fourth-order valence-corrected chi connectivity index (χ4v) is 3.34. The molecule has 0 aromatic heterocycles. The van der Waals surface area contributed by atoms with Gasteiger partial charge in [-0.2, -0.15) is 0 Å². The molecular formula is C10H8BrClN2O5S. The first-order valence-corrected chi connectivity index (χ1v) is 8.54. The van der Waals surface area contributed by atoms with Crippen molar-refractivity contribution < 1.29 is 18.1 Å². The fraction of sp³-hybridized carbons (Fsp3) is 0.300. The van der Waals surface area contributed by atoms with Gasteiger partial charge in [0.25, 0.3) is 5.69 Å². The van der Waals surface area contributed by atoms with Gasteiger partial charge in [-0.3, -0.25) is 14.9 Å². The van der Waals surface area contributed by atoms with E-state index < -0.39 is 25.1 Å². The van der Waals surface area contributed by atoms with Crippen LogP contribution in [0.3, 0.4) is 0 Å². The molecule has 1 aromatic carbocycles. The molecule has 1 fully saturated rings. The van der Waals surface area contributed by atoms with Crippen LogP contribution in [0.15, 0.2) is 22.7 Å². The molecule has 1 amide bonds. The number of hydrogen-bond acceptors (Lipinski definition) is 5. The van der Waals surface area contributed by atoms with Gasteiger partial charge in [-0.1, -0.05) is 15.9 Å². The topological polar surface area (TPSA) is 97.6 Å². The maximum Gasteiger partial charge on any atom is 0.294 e. The number of carbonyl (C=O) groups is 1. The SMILES string of the molecule is O=C1CC(S(=O)(=O)Cl)CN1c1ccc(Br)cc1[N+](=O)[O-]. The largest absolute Gasteiger partial charge is 0.305 e. The fourth-order valence-electron chi connectivity index (χ4n) is 1.97. The van der Waals surface area contributed by atoms with Gasteiger partial charge in [0.15, 0.2) is 0 Å². The van der Waals surface area contributed by atoms with E-state index in [0.717, 1.165) is 4.90 Å². The molecule has 1 aliphatic heterocycles. The molecule has 1 aromatic rings. The third-order valence-corrected chi connectivity index (χ3v) is 5.27. The van der Waals surface area contributed by atoms with Gasteiger partial charge in [0.1, 0.15) is 10.9 Å². The summed E-state index contributed by atoms with van der Waals surface area (Å²) in [6.07, 6.45) is -0.279. The van der Waals surface area contributed by atoms with Crippen molar-refractivity contribution in [3.63, 3.8) is 0 Å². The highest BCUT2D eigenvalue weighted by molar-refractivity contribution is 9.10. The van der Waals surface area contributed by atoms with E-state index in [1.807, 2.05) is 0 Å². The lowest BCUT2D eigenvalue weighted by Crippen LogP contribution is -2.27. The first kappa shape index (κ1) is 15.2. The molecule has 0 bridgehead atoms. The van der Waals surface area contributed by atoms with Crippen LogP contribution in [-0.2, 0) is 13.8 Å². The number of halogens is 2. The highest BCUT2D eigenvalue weighted by Crippen LogP contribution is 2.35. The third-order valence-electron chi connectivity index (χ3n) is 2.91. The zero-order chi connectivity index (χ0) is 15.1. The van der Waals surface area contributed by atoms with Gasteiger partial charge >= 0.3 is 0 Å². The number of nitro groups is 1. The summed E-state index contributed by atoms with van der Waals surface area (Å²) in [5.41, 5.74) is -0.216. The van der Waals surface area contributed by atoms with Crippen molar-refractivity contribution in [3.8, 4) is 0 Å². The van der Waals surface area contributed by atoms with Gasteiger partial charge in [-0.15, -0.1) is 0 Å². The molecule has 0 N–H and O–H groups in total. The molecule has 1 heterocycles. The molecule has 1 unspecified atom stereocenters. The minimum Gasteiger partial charge on any atom is -0.305 e. The van der Waals surface area contributed by atoms with Crippen molar-refractivity contribution >= 4 is 52.9 Å². The Kier molecular flexibility index (Phi) is 4.03. The first-order valence-electron chi connectivity index (χ1n) is 5.38. The van der Waals surface area contributed by atoms with Crippen molar-refractivity contribution in [2.75, 3.05) is 11.4 Å². The number of amides is 1. The lowest BCUT2D eigenvalue weighted by molar-refractivity contribution is -0.384. The minimum atomic E-state index is -3.89. The number of anilines is 1. The molecule has 20 heavy (non-hydrogen) atoms. The van der Waals surface area contributed by atoms with Crippen LogP contribution in [0, 0.1) is 10.1 Å². The Morgan fingerprint density at radius 1 is 1.45 bits per heavy atom. The van der Waals surface area contributed by atoms with Crippen LogP contribution in [-0.4, -0.2) is 31.0 Å². The second kappa shape index (κ2) is 5.30. The molecule has 1 atom stereocenters. The summed E-state index contributed by atoms with van der Waals surface area (Å²) in [5.74, 6) is -0.510. The van der Waals surface area contributed by atoms with Crippen LogP contribution in [0.25, 0.3) is 0 Å². The molecule has 0 radical (unpaired) electrons. The van der Waals surface area contributed by atoms with E-state index >= 15 is 0 Å². The predicted octanol–water partition coefficient (Wildman–Crippen LogP) is 2.03. The quantitative estimate of drug-likeness (QED) is 0.452. The van der Waals surface area contributed by atoms with Crippen LogP contribution in [0.5, 0.6) is 0 Å². The van der Waals surface area contributed by atoms with E-state index in [4.69, 9.17) is 10.7 Å². The van der Waals surface area contributed by atoms with Crippen molar-refractivity contribution in [1.82, 2.24) is 0 Å². The highest BCUT2D eigenvalue weighted by atomic mass is 79.9. The van der Waals surface area contributed by atoms with Crippen molar-refractivity contribution in [2.24, 2.45) is 0 Å². The van der Waals surface area contributed by atoms with Crippen LogP contribution in [0.1, 0.15) is 6.42 Å². The van der Waals surface area contributed by atoms with Gasteiger partial charge in [0, 0.05) is 34.2 Å². The molecule has 108 valence electrons. The summed E-state index contributed by atoms with van der Waals surface area (Å²) >= 11 is 3.11. The molecule has 2 rings (SSSR count). The number of nitro benzene ring substituents is 1. The van der Waals surface area contributed by atoms with Crippen molar-refractivity contribution in [2.45, 2.75) is 11.7 Å². The Hall–Kier alpha value is -1.19. The molecule has 10 heteroatoms. The standard InChI is InChI=1S/C10H8BrClN2O5S/c11-6-1-2-8(9(3-6)14(16)17)13-5-7(4-10(13)15)20(12,18)19/h1-3,7H,4-5H2. The summed E-state index contributed by atoms with van der Waals surface area (Å²) in [6, 6.07) is 4.19. The number of nitrogens with zero attached hydrogens (tertiary/aromatic N) is 2. The van der Waals surface area contributed by atoms with Crippen molar-refractivity contribution in [1.29, 1.82) is 0 Å². The first-order chi connectivity index (χ1) is 9.20. The summed E-state index contributed by atoms with van der Waals surface area (Å²) in [4.78, 5) is 23.3. The Labute approximate surface area is 127 Å². The van der Waals surface area contributed by atoms with E-state index in [1.54, 1.807) is 0 Å². The molecule has 1 saturated heterocycles. The van der Waals surface area contributed by atoms with Crippen LogP contribution in [0.4, 0.5) is 11.4 Å². The van der Waals surface area contributed by atoms with E-state index in [1.165, 1.54) is 18.2 Å². The van der Waals surface area contributed by atoms with E-state index in [2.05, 4.69) is 15.9 Å². The average molecular weight is 384 g/mol. The number of rotatable bonds is 3. The number of hydrogen-bond donors (Lipinski definition) is 0. The zero-order valence-electron chi connectivity index (χ0n) is 9.82. The summed E-state index contributed by atoms with van der Waals surface area (Å²) in [5, 5.41) is 9.96. The van der Waals surface area contributed by atoms with E-state index in [0.29, 0.717) is 4.47 Å². The zero-order valence-corrected chi connectivity index (χ0v) is 13.0. The Bertz CT molecular complexity index is 693. The molecule has 7 nitrogen and oxygen atoms in total.